The topological polar surface area (TPSA) is 76.7 Å². The van der Waals surface area contributed by atoms with Crippen molar-refractivity contribution in [2.75, 3.05) is 26.4 Å². The lowest BCUT2D eigenvalue weighted by Crippen LogP contribution is -2.36. The molecule has 0 bridgehead atoms. The van der Waals surface area contributed by atoms with Gasteiger partial charge in [0.2, 0.25) is 0 Å². The molecule has 25 heavy (non-hydrogen) atoms. The number of hydrogen-bond acceptors (Lipinski definition) is 5. The summed E-state index contributed by atoms with van der Waals surface area (Å²) >= 11 is 0. The number of hydrogen-bond donors (Lipinski definition) is 3. The summed E-state index contributed by atoms with van der Waals surface area (Å²) in [5.74, 6) is 1.32. The molecule has 1 aromatic carbocycles. The van der Waals surface area contributed by atoms with Gasteiger partial charge in [0.25, 0.3) is 0 Å². The van der Waals surface area contributed by atoms with Gasteiger partial charge in [0, 0.05) is 6.54 Å². The van der Waals surface area contributed by atoms with Crippen LogP contribution in [0.5, 0.6) is 5.75 Å². The van der Waals surface area contributed by atoms with Crippen LogP contribution in [0.1, 0.15) is 39.2 Å². The molecule has 1 aromatic rings. The van der Waals surface area contributed by atoms with Gasteiger partial charge in [-0.15, -0.1) is 0 Å². The zero-order chi connectivity index (χ0) is 18.5. The van der Waals surface area contributed by atoms with Gasteiger partial charge in [-0.25, -0.2) is 0 Å². The summed E-state index contributed by atoms with van der Waals surface area (Å²) in [6.45, 7) is 8.71. The summed E-state index contributed by atoms with van der Waals surface area (Å²) in [6.07, 6.45) is 2.36. The first-order chi connectivity index (χ1) is 12.1. The van der Waals surface area contributed by atoms with Crippen molar-refractivity contribution in [2.24, 2.45) is 11.7 Å². The summed E-state index contributed by atoms with van der Waals surface area (Å²) in [6, 6.07) is 8.04. The predicted octanol–water partition coefficient (Wildman–Crippen LogP) is 2.36. The lowest BCUT2D eigenvalue weighted by Gasteiger charge is -2.23. The van der Waals surface area contributed by atoms with Crippen LogP contribution < -0.4 is 15.8 Å². The fourth-order valence-electron chi connectivity index (χ4n) is 2.45. The molecule has 0 fully saturated rings. The Labute approximate surface area is 153 Å². The third kappa shape index (κ3) is 9.85. The van der Waals surface area contributed by atoms with Crippen LogP contribution >= 0.6 is 0 Å². The molecule has 1 radical (unpaired) electrons. The van der Waals surface area contributed by atoms with Crippen LogP contribution in [-0.2, 0) is 11.1 Å². The lowest BCUT2D eigenvalue weighted by molar-refractivity contribution is 0.153. The average molecular weight is 349 g/mol. The van der Waals surface area contributed by atoms with E-state index in [4.69, 9.17) is 15.1 Å². The van der Waals surface area contributed by atoms with Crippen molar-refractivity contribution in [2.45, 2.75) is 52.0 Å². The molecule has 4 N–H and O–H groups in total. The highest BCUT2D eigenvalue weighted by Crippen LogP contribution is 2.20. The van der Waals surface area contributed by atoms with Crippen molar-refractivity contribution in [3.63, 3.8) is 0 Å². The molecule has 1 unspecified atom stereocenters. The maximum absolute atomic E-state index is 10.5. The molecule has 0 saturated carbocycles. The molecular formula is C19H34BN2O3. The lowest BCUT2D eigenvalue weighted by atomic mass is 9.72. The van der Waals surface area contributed by atoms with E-state index in [1.807, 2.05) is 24.3 Å². The van der Waals surface area contributed by atoms with E-state index in [0.717, 1.165) is 37.3 Å². The fourth-order valence-corrected chi connectivity index (χ4v) is 2.45. The highest BCUT2D eigenvalue weighted by molar-refractivity contribution is 6.29. The minimum absolute atomic E-state index is 0.116. The standard InChI is InChI=1S/C19H34BN2O3/c1-4-5-10-24-17-8-6-16(7-9-17)11-18(20-25-14-21)19(23)13-22-12-15(2)3/h6-9,15,18-19,22-23H,4-5,10-14,21H2,1-3H3/t18-,19?/m0/s1. The van der Waals surface area contributed by atoms with E-state index in [-0.39, 0.29) is 12.5 Å². The Morgan fingerprint density at radius 3 is 2.52 bits per heavy atom. The Bertz CT molecular complexity index is 443. The predicted molar refractivity (Wildman–Crippen MR) is 104 cm³/mol. The third-order valence-electron chi connectivity index (χ3n) is 3.93. The van der Waals surface area contributed by atoms with E-state index in [1.54, 1.807) is 7.48 Å². The molecule has 0 aliphatic rings. The molecule has 0 aliphatic heterocycles. The SMILES string of the molecule is CCCCOc1ccc(C[C@H]([B]OCN)C(O)CNCC(C)C)cc1. The molecule has 141 valence electrons. The summed E-state index contributed by atoms with van der Waals surface area (Å²) in [5, 5.41) is 13.8. The Morgan fingerprint density at radius 1 is 1.20 bits per heavy atom. The molecule has 0 spiro atoms. The first kappa shape index (κ1) is 22.0. The molecule has 0 aromatic heterocycles. The van der Waals surface area contributed by atoms with Crippen LogP contribution in [0.4, 0.5) is 0 Å². The van der Waals surface area contributed by atoms with Crippen molar-refractivity contribution >= 4 is 7.48 Å². The van der Waals surface area contributed by atoms with Crippen LogP contribution in [-0.4, -0.2) is 45.1 Å². The number of rotatable bonds is 14. The van der Waals surface area contributed by atoms with Gasteiger partial charge in [-0.3, -0.25) is 0 Å². The van der Waals surface area contributed by atoms with Crippen LogP contribution in [0, 0.1) is 5.92 Å². The van der Waals surface area contributed by atoms with Crippen molar-refractivity contribution in [1.29, 1.82) is 0 Å². The van der Waals surface area contributed by atoms with E-state index in [1.165, 1.54) is 0 Å². The van der Waals surface area contributed by atoms with Gasteiger partial charge in [-0.2, -0.15) is 0 Å². The number of aliphatic hydroxyl groups is 1. The second-order valence-electron chi connectivity index (χ2n) is 6.80. The minimum atomic E-state index is -0.522. The van der Waals surface area contributed by atoms with Crippen molar-refractivity contribution in [1.82, 2.24) is 5.32 Å². The van der Waals surface area contributed by atoms with Gasteiger partial charge >= 0.3 is 7.48 Å². The van der Waals surface area contributed by atoms with Gasteiger partial charge in [0.05, 0.1) is 19.4 Å². The van der Waals surface area contributed by atoms with Crippen LogP contribution in [0.25, 0.3) is 0 Å². The molecule has 2 atom stereocenters. The maximum atomic E-state index is 10.5. The highest BCUT2D eigenvalue weighted by Gasteiger charge is 2.22. The molecule has 1 rings (SSSR count). The highest BCUT2D eigenvalue weighted by atomic mass is 16.5. The van der Waals surface area contributed by atoms with Crippen LogP contribution in [0.2, 0.25) is 5.82 Å². The average Bonchev–Trinajstić information content (AvgIpc) is 2.59. The molecule has 6 heteroatoms. The fraction of sp³-hybridized carbons (Fsp3) is 0.684. The van der Waals surface area contributed by atoms with E-state index < -0.39 is 6.10 Å². The largest absolute Gasteiger partial charge is 0.494 e. The van der Waals surface area contributed by atoms with E-state index >= 15 is 0 Å². The number of unbranched alkanes of at least 4 members (excludes halogenated alkanes) is 1. The second kappa shape index (κ2) is 13.2. The number of benzene rings is 1. The quantitative estimate of drug-likeness (QED) is 0.273. The first-order valence-corrected chi connectivity index (χ1v) is 9.32. The van der Waals surface area contributed by atoms with Crippen molar-refractivity contribution < 1.29 is 14.5 Å². The number of nitrogens with two attached hydrogens (primary N) is 1. The zero-order valence-corrected chi connectivity index (χ0v) is 15.9. The summed E-state index contributed by atoms with van der Waals surface area (Å²) in [7, 11) is 1.66. The minimum Gasteiger partial charge on any atom is -0.494 e. The monoisotopic (exact) mass is 349 g/mol. The maximum Gasteiger partial charge on any atom is 0.300 e. The van der Waals surface area contributed by atoms with Crippen LogP contribution in [0.15, 0.2) is 24.3 Å². The number of ether oxygens (including phenoxy) is 1. The number of nitrogens with one attached hydrogen (secondary N) is 1. The van der Waals surface area contributed by atoms with Gasteiger partial charge in [0.15, 0.2) is 0 Å². The second-order valence-corrected chi connectivity index (χ2v) is 6.80. The Hall–Kier alpha value is -1.08. The molecular weight excluding hydrogens is 315 g/mol. The van der Waals surface area contributed by atoms with E-state index in [9.17, 15) is 5.11 Å². The smallest absolute Gasteiger partial charge is 0.300 e. The van der Waals surface area contributed by atoms with Gasteiger partial charge in [-0.05, 0) is 48.8 Å². The van der Waals surface area contributed by atoms with Crippen molar-refractivity contribution in [3.8, 4) is 5.75 Å². The summed E-state index contributed by atoms with van der Waals surface area (Å²) in [4.78, 5) is 0. The normalized spacial score (nSPS) is 13.7. The summed E-state index contributed by atoms with van der Waals surface area (Å²) < 4.78 is 10.9. The van der Waals surface area contributed by atoms with Crippen LogP contribution in [0.3, 0.4) is 0 Å². The van der Waals surface area contributed by atoms with Gasteiger partial charge in [0.1, 0.15) is 5.75 Å². The molecule has 0 aliphatic carbocycles. The Kier molecular flexibility index (Phi) is 11.6. The molecule has 0 amide bonds. The Balaban J connectivity index is 2.54. The van der Waals surface area contributed by atoms with E-state index in [2.05, 4.69) is 26.1 Å². The molecule has 0 saturated heterocycles. The molecule has 5 nitrogen and oxygen atoms in total. The zero-order valence-electron chi connectivity index (χ0n) is 15.9. The summed E-state index contributed by atoms with van der Waals surface area (Å²) in [5.41, 5.74) is 6.55. The number of aliphatic hydroxyl groups excluding tert-OH is 1. The van der Waals surface area contributed by atoms with E-state index in [0.29, 0.717) is 18.9 Å². The van der Waals surface area contributed by atoms with Crippen molar-refractivity contribution in [3.05, 3.63) is 29.8 Å². The first-order valence-electron chi connectivity index (χ1n) is 9.32. The van der Waals surface area contributed by atoms with Gasteiger partial charge in [-0.1, -0.05) is 39.3 Å². The Morgan fingerprint density at radius 2 is 1.92 bits per heavy atom. The third-order valence-corrected chi connectivity index (χ3v) is 3.93. The molecule has 0 heterocycles. The van der Waals surface area contributed by atoms with Gasteiger partial charge < -0.3 is 25.5 Å².